The van der Waals surface area contributed by atoms with Gasteiger partial charge in [-0.1, -0.05) is 6.07 Å². The van der Waals surface area contributed by atoms with Gasteiger partial charge in [-0.3, -0.25) is 14.7 Å². The molecule has 0 saturated heterocycles. The normalized spacial score (nSPS) is 11.8. The van der Waals surface area contributed by atoms with Crippen LogP contribution < -0.4 is 10.6 Å². The monoisotopic (exact) mass is 279 g/mol. The zero-order valence-corrected chi connectivity index (χ0v) is 11.0. The van der Waals surface area contributed by atoms with Gasteiger partial charge in [-0.25, -0.2) is 4.98 Å². The van der Waals surface area contributed by atoms with Crippen LogP contribution in [-0.2, 0) is 4.79 Å². The van der Waals surface area contributed by atoms with Crippen molar-refractivity contribution in [2.75, 3.05) is 6.54 Å². The van der Waals surface area contributed by atoms with Gasteiger partial charge in [0.15, 0.2) is 0 Å². The van der Waals surface area contributed by atoms with E-state index < -0.39 is 0 Å². The Kier molecular flexibility index (Phi) is 4.24. The van der Waals surface area contributed by atoms with Crippen molar-refractivity contribution in [1.29, 1.82) is 0 Å². The Morgan fingerprint density at radius 2 is 2.37 bits per heavy atom. The van der Waals surface area contributed by atoms with Gasteiger partial charge in [0, 0.05) is 0 Å². The summed E-state index contributed by atoms with van der Waals surface area (Å²) in [6, 6.07) is 3.20. The lowest BCUT2D eigenvalue weighted by atomic mass is 10.3. The zero-order chi connectivity index (χ0) is 13.7. The molecule has 2 amide bonds. The van der Waals surface area contributed by atoms with Gasteiger partial charge in [-0.2, -0.15) is 5.10 Å². The fraction of sp³-hybridized carbons (Fsp3) is 0.273. The van der Waals surface area contributed by atoms with E-state index in [-0.39, 0.29) is 24.4 Å². The largest absolute Gasteiger partial charge is 0.345 e. The van der Waals surface area contributed by atoms with E-state index in [0.717, 1.165) is 0 Å². The molecular formula is C11H13N5O2S. The van der Waals surface area contributed by atoms with Crippen LogP contribution in [0.4, 0.5) is 0 Å². The number of carbonyl (C=O) groups is 2. The van der Waals surface area contributed by atoms with Crippen LogP contribution in [0.15, 0.2) is 23.8 Å². The van der Waals surface area contributed by atoms with Gasteiger partial charge in [-0.15, -0.1) is 11.3 Å². The Bertz CT molecular complexity index is 537. The van der Waals surface area contributed by atoms with E-state index in [2.05, 4.69) is 25.8 Å². The smallest absolute Gasteiger partial charge is 0.261 e. The summed E-state index contributed by atoms with van der Waals surface area (Å²) < 4.78 is 0. The van der Waals surface area contributed by atoms with Gasteiger partial charge in [0.05, 0.1) is 17.5 Å². The fourth-order valence-corrected chi connectivity index (χ4v) is 2.08. The molecular weight excluding hydrogens is 266 g/mol. The third-order valence-electron chi connectivity index (χ3n) is 2.38. The van der Waals surface area contributed by atoms with Gasteiger partial charge < -0.3 is 10.6 Å². The first-order valence-corrected chi connectivity index (χ1v) is 6.51. The van der Waals surface area contributed by atoms with Gasteiger partial charge in [0.25, 0.3) is 5.91 Å². The molecule has 8 heteroatoms. The maximum Gasteiger partial charge on any atom is 0.261 e. The van der Waals surface area contributed by atoms with E-state index in [1.165, 1.54) is 17.7 Å². The number of nitrogens with one attached hydrogen (secondary N) is 3. The lowest BCUT2D eigenvalue weighted by molar-refractivity contribution is -0.120. The Hall–Kier alpha value is -2.22. The molecule has 2 rings (SSSR count). The summed E-state index contributed by atoms with van der Waals surface area (Å²) in [4.78, 5) is 27.8. The number of thiophene rings is 1. The first kappa shape index (κ1) is 13.2. The minimum absolute atomic E-state index is 0.0742. The third-order valence-corrected chi connectivity index (χ3v) is 3.24. The van der Waals surface area contributed by atoms with Gasteiger partial charge >= 0.3 is 0 Å². The average molecular weight is 279 g/mol. The molecule has 19 heavy (non-hydrogen) atoms. The number of H-pyrrole nitrogens is 1. The highest BCUT2D eigenvalue weighted by atomic mass is 32.1. The molecule has 1 unspecified atom stereocenters. The number of carbonyl (C=O) groups excluding carboxylic acids is 2. The highest BCUT2D eigenvalue weighted by molar-refractivity contribution is 7.12. The first-order valence-electron chi connectivity index (χ1n) is 5.63. The first-order chi connectivity index (χ1) is 9.16. The molecule has 0 aliphatic carbocycles. The minimum atomic E-state index is -0.284. The van der Waals surface area contributed by atoms with E-state index in [1.807, 2.05) is 0 Å². The molecule has 2 aromatic rings. The van der Waals surface area contributed by atoms with Gasteiger partial charge in [0.1, 0.15) is 12.2 Å². The molecule has 1 atom stereocenters. The Labute approximate surface area is 113 Å². The summed E-state index contributed by atoms with van der Waals surface area (Å²) in [6.45, 7) is 1.70. The molecule has 0 spiro atoms. The quantitative estimate of drug-likeness (QED) is 0.741. The molecule has 0 aliphatic rings. The van der Waals surface area contributed by atoms with Crippen LogP contribution in [0.3, 0.4) is 0 Å². The van der Waals surface area contributed by atoms with E-state index in [4.69, 9.17) is 0 Å². The molecule has 0 fully saturated rings. The molecule has 7 nitrogen and oxygen atoms in total. The maximum absolute atomic E-state index is 11.6. The highest BCUT2D eigenvalue weighted by Gasteiger charge is 2.13. The number of hydrogen-bond acceptors (Lipinski definition) is 5. The van der Waals surface area contributed by atoms with Crippen LogP contribution in [-0.4, -0.2) is 33.5 Å². The molecule has 100 valence electrons. The average Bonchev–Trinajstić information content (AvgIpc) is 3.07. The Morgan fingerprint density at radius 1 is 1.53 bits per heavy atom. The molecule has 0 aliphatic heterocycles. The SMILES string of the molecule is CC(NC(=O)CNC(=O)c1cccs1)c1ncn[nH]1. The van der Waals surface area contributed by atoms with Gasteiger partial charge in [0.2, 0.25) is 5.91 Å². The number of rotatable bonds is 5. The minimum Gasteiger partial charge on any atom is -0.345 e. The summed E-state index contributed by atoms with van der Waals surface area (Å²) in [7, 11) is 0. The molecule has 2 heterocycles. The molecule has 0 radical (unpaired) electrons. The van der Waals surface area contributed by atoms with Gasteiger partial charge in [-0.05, 0) is 18.4 Å². The topological polar surface area (TPSA) is 99.8 Å². The predicted octanol–water partition coefficient (Wildman–Crippen LogP) is 0.473. The van der Waals surface area contributed by atoms with E-state index in [9.17, 15) is 9.59 Å². The molecule has 0 aromatic carbocycles. The summed E-state index contributed by atoms with van der Waals surface area (Å²) >= 11 is 1.33. The number of nitrogens with zero attached hydrogens (tertiary/aromatic N) is 2. The molecule has 0 saturated carbocycles. The standard InChI is InChI=1S/C11H13N5O2S/c1-7(10-13-6-14-16-10)15-9(17)5-12-11(18)8-3-2-4-19-8/h2-4,6-7H,5H2,1H3,(H,12,18)(H,15,17)(H,13,14,16). The predicted molar refractivity (Wildman–Crippen MR) is 69.6 cm³/mol. The van der Waals surface area contributed by atoms with Crippen LogP contribution >= 0.6 is 11.3 Å². The van der Waals surface area contributed by atoms with Crippen LogP contribution in [0, 0.1) is 0 Å². The Morgan fingerprint density at radius 3 is 3.00 bits per heavy atom. The lowest BCUT2D eigenvalue weighted by Crippen LogP contribution is -2.38. The number of amides is 2. The summed E-state index contributed by atoms with van der Waals surface area (Å²) in [5, 5.41) is 13.4. The van der Waals surface area contributed by atoms with Crippen molar-refractivity contribution in [3.8, 4) is 0 Å². The molecule has 2 aromatic heterocycles. The van der Waals surface area contributed by atoms with Crippen molar-refractivity contribution in [1.82, 2.24) is 25.8 Å². The molecule has 0 bridgehead atoms. The van der Waals surface area contributed by atoms with Crippen LogP contribution in [0.2, 0.25) is 0 Å². The fourth-order valence-electron chi connectivity index (χ4n) is 1.44. The zero-order valence-electron chi connectivity index (χ0n) is 10.2. The third kappa shape index (κ3) is 3.62. The van der Waals surface area contributed by atoms with Crippen molar-refractivity contribution in [2.24, 2.45) is 0 Å². The maximum atomic E-state index is 11.6. The summed E-state index contributed by atoms with van der Waals surface area (Å²) in [5.74, 6) is 0.0317. The van der Waals surface area contributed by atoms with Crippen LogP contribution in [0.1, 0.15) is 28.5 Å². The van der Waals surface area contributed by atoms with Crippen molar-refractivity contribution in [2.45, 2.75) is 13.0 Å². The van der Waals surface area contributed by atoms with Crippen LogP contribution in [0.5, 0.6) is 0 Å². The highest BCUT2D eigenvalue weighted by Crippen LogP contribution is 2.07. The second-order valence-corrected chi connectivity index (χ2v) is 4.77. The Balaban J connectivity index is 1.77. The second-order valence-electron chi connectivity index (χ2n) is 3.82. The molecule has 3 N–H and O–H groups in total. The van der Waals surface area contributed by atoms with Crippen molar-refractivity contribution >= 4 is 23.2 Å². The number of aromatic amines is 1. The van der Waals surface area contributed by atoms with E-state index in [0.29, 0.717) is 10.7 Å². The van der Waals surface area contributed by atoms with Crippen molar-refractivity contribution < 1.29 is 9.59 Å². The lowest BCUT2D eigenvalue weighted by Gasteiger charge is -2.11. The summed E-state index contributed by atoms with van der Waals surface area (Å²) in [6.07, 6.45) is 1.37. The van der Waals surface area contributed by atoms with E-state index in [1.54, 1.807) is 24.4 Å². The second kappa shape index (κ2) is 6.10. The van der Waals surface area contributed by atoms with Crippen molar-refractivity contribution in [3.63, 3.8) is 0 Å². The number of aromatic nitrogens is 3. The van der Waals surface area contributed by atoms with Crippen LogP contribution in [0.25, 0.3) is 0 Å². The van der Waals surface area contributed by atoms with Crippen molar-refractivity contribution in [3.05, 3.63) is 34.5 Å². The summed E-state index contributed by atoms with van der Waals surface area (Å²) in [5.41, 5.74) is 0. The van der Waals surface area contributed by atoms with E-state index >= 15 is 0 Å². The number of hydrogen-bond donors (Lipinski definition) is 3.